The summed E-state index contributed by atoms with van der Waals surface area (Å²) >= 11 is 11.5. The molecule has 1 amide bonds. The molecule has 7 heteroatoms. The van der Waals surface area contributed by atoms with Gasteiger partial charge in [0.2, 0.25) is 15.7 Å². The third-order valence-electron chi connectivity index (χ3n) is 5.75. The number of rotatable bonds is 19. The Bertz CT molecular complexity index is 791. The highest BCUT2D eigenvalue weighted by Crippen LogP contribution is 2.24. The highest BCUT2D eigenvalue weighted by Gasteiger charge is 2.25. The predicted molar refractivity (Wildman–Crippen MR) is 140 cm³/mol. The highest BCUT2D eigenvalue weighted by molar-refractivity contribution is 7.95. The van der Waals surface area contributed by atoms with Crippen LogP contribution in [0.2, 0.25) is 0 Å². The molecule has 1 N–H and O–H groups in total. The van der Waals surface area contributed by atoms with Crippen molar-refractivity contribution >= 4 is 38.9 Å². The average Bonchev–Trinajstić information content (AvgIpc) is 2.80. The van der Waals surface area contributed by atoms with Crippen molar-refractivity contribution in [3.63, 3.8) is 0 Å². The van der Waals surface area contributed by atoms with Gasteiger partial charge in [-0.25, -0.2) is 8.42 Å². The van der Waals surface area contributed by atoms with Crippen LogP contribution in [-0.2, 0) is 14.6 Å². The normalized spacial score (nSPS) is 11.4. The molecule has 0 unspecified atom stereocenters. The van der Waals surface area contributed by atoms with E-state index in [0.717, 1.165) is 12.8 Å². The minimum absolute atomic E-state index is 0.0334. The number of halogens is 2. The van der Waals surface area contributed by atoms with Crippen molar-refractivity contribution in [2.24, 2.45) is 0 Å². The van der Waals surface area contributed by atoms with Crippen LogP contribution in [0.3, 0.4) is 0 Å². The second-order valence-corrected chi connectivity index (χ2v) is 11.5. The number of hydrogen-bond acceptors (Lipinski definition) is 3. The lowest BCUT2D eigenvalue weighted by molar-refractivity contribution is -0.120. The van der Waals surface area contributed by atoms with E-state index in [-0.39, 0.29) is 11.3 Å². The molecule has 1 rings (SSSR count). The molecule has 0 radical (unpaired) electrons. The molecule has 0 aliphatic heterocycles. The smallest absolute Gasteiger partial charge is 0.224 e. The van der Waals surface area contributed by atoms with Crippen molar-refractivity contribution in [2.75, 3.05) is 0 Å². The van der Waals surface area contributed by atoms with Crippen LogP contribution in [0, 0.1) is 0 Å². The van der Waals surface area contributed by atoms with Crippen LogP contribution >= 0.6 is 23.2 Å². The van der Waals surface area contributed by atoms with Gasteiger partial charge < -0.3 is 5.32 Å². The summed E-state index contributed by atoms with van der Waals surface area (Å²) in [6.07, 6.45) is 19.0. The minimum Gasteiger partial charge on any atom is -0.314 e. The fourth-order valence-electron chi connectivity index (χ4n) is 3.78. The van der Waals surface area contributed by atoms with E-state index in [0.29, 0.717) is 6.42 Å². The number of nitrogens with one attached hydrogen (secondary N) is 1. The Morgan fingerprint density at radius 2 is 1.15 bits per heavy atom. The molecule has 0 saturated heterocycles. The molecule has 0 aliphatic carbocycles. The molecule has 0 heterocycles. The third kappa shape index (κ3) is 13.4. The molecule has 0 saturated carbocycles. The molecule has 0 fully saturated rings. The molecular formula is C26H41Cl2NO3S. The van der Waals surface area contributed by atoms with Gasteiger partial charge in [0.25, 0.3) is 0 Å². The first-order valence-electron chi connectivity index (χ1n) is 12.5. The first-order chi connectivity index (χ1) is 15.9. The Morgan fingerprint density at radius 3 is 1.58 bits per heavy atom. The summed E-state index contributed by atoms with van der Waals surface area (Å²) in [4.78, 5) is 12.3. The SMILES string of the molecule is CCCCCCCCCCCCCCCCCC(=O)NC(=C(Cl)Cl)S(=O)(=O)c1ccccc1. The summed E-state index contributed by atoms with van der Waals surface area (Å²) in [6, 6.07) is 7.79. The summed E-state index contributed by atoms with van der Waals surface area (Å²) in [5, 5.41) is 1.94. The summed E-state index contributed by atoms with van der Waals surface area (Å²) in [5.74, 6) is -0.391. The van der Waals surface area contributed by atoms with E-state index in [1.54, 1.807) is 18.2 Å². The van der Waals surface area contributed by atoms with Gasteiger partial charge in [-0.2, -0.15) is 0 Å². The molecule has 0 atom stereocenters. The van der Waals surface area contributed by atoms with E-state index in [4.69, 9.17) is 23.2 Å². The molecular weight excluding hydrogens is 477 g/mol. The number of carbonyl (C=O) groups excluding carboxylic acids is 1. The van der Waals surface area contributed by atoms with Crippen LogP contribution in [0.25, 0.3) is 0 Å². The summed E-state index contributed by atoms with van der Waals surface area (Å²) < 4.78 is 24.9. The third-order valence-corrected chi connectivity index (χ3v) is 8.09. The molecule has 1 aromatic rings. The second kappa shape index (κ2) is 18.3. The Labute approximate surface area is 211 Å². The number of hydrogen-bond donors (Lipinski definition) is 1. The second-order valence-electron chi connectivity index (χ2n) is 8.65. The zero-order valence-electron chi connectivity index (χ0n) is 20.1. The summed E-state index contributed by atoms with van der Waals surface area (Å²) in [7, 11) is -3.97. The maximum absolute atomic E-state index is 12.7. The molecule has 33 heavy (non-hydrogen) atoms. The quantitative estimate of drug-likeness (QED) is 0.187. The monoisotopic (exact) mass is 517 g/mol. The molecule has 0 bridgehead atoms. The maximum atomic E-state index is 12.7. The first kappa shape index (κ1) is 30.0. The van der Waals surface area contributed by atoms with Crippen LogP contribution in [0.15, 0.2) is 44.7 Å². The zero-order chi connectivity index (χ0) is 24.4. The van der Waals surface area contributed by atoms with E-state index in [1.807, 2.05) is 0 Å². The van der Waals surface area contributed by atoms with E-state index in [1.165, 1.54) is 89.2 Å². The van der Waals surface area contributed by atoms with Crippen LogP contribution in [-0.4, -0.2) is 14.3 Å². The Kier molecular flexibility index (Phi) is 16.6. The van der Waals surface area contributed by atoms with Crippen molar-refractivity contribution in [3.8, 4) is 0 Å². The molecule has 0 spiro atoms. The number of carbonyl (C=O) groups is 1. The number of amides is 1. The summed E-state index contributed by atoms with van der Waals surface area (Å²) in [6.45, 7) is 2.26. The molecule has 4 nitrogen and oxygen atoms in total. The zero-order valence-corrected chi connectivity index (χ0v) is 22.4. The van der Waals surface area contributed by atoms with Crippen LogP contribution in [0.4, 0.5) is 0 Å². The van der Waals surface area contributed by atoms with Gasteiger partial charge in [0.05, 0.1) is 4.90 Å². The Balaban J connectivity index is 2.12. The van der Waals surface area contributed by atoms with Gasteiger partial charge in [0, 0.05) is 6.42 Å². The van der Waals surface area contributed by atoms with Gasteiger partial charge in [0.15, 0.2) is 5.03 Å². The van der Waals surface area contributed by atoms with E-state index in [9.17, 15) is 13.2 Å². The van der Waals surface area contributed by atoms with Gasteiger partial charge in [0.1, 0.15) is 4.49 Å². The van der Waals surface area contributed by atoms with Gasteiger partial charge in [-0.15, -0.1) is 0 Å². The van der Waals surface area contributed by atoms with Crippen molar-refractivity contribution in [2.45, 2.75) is 115 Å². The molecule has 0 aromatic heterocycles. The number of benzene rings is 1. The number of unbranched alkanes of at least 4 members (excludes halogenated alkanes) is 14. The van der Waals surface area contributed by atoms with Crippen LogP contribution in [0.5, 0.6) is 0 Å². The topological polar surface area (TPSA) is 63.2 Å². The van der Waals surface area contributed by atoms with Crippen LogP contribution < -0.4 is 5.32 Å². The lowest BCUT2D eigenvalue weighted by Crippen LogP contribution is -2.28. The fraction of sp³-hybridized carbons (Fsp3) is 0.654. The number of sulfone groups is 1. The predicted octanol–water partition coefficient (Wildman–Crippen LogP) is 8.44. The largest absolute Gasteiger partial charge is 0.314 e. The molecule has 188 valence electrons. The Hall–Kier alpha value is -1.04. The molecule has 1 aromatic carbocycles. The van der Waals surface area contributed by atoms with E-state index >= 15 is 0 Å². The minimum atomic E-state index is -3.97. The fourth-order valence-corrected chi connectivity index (χ4v) is 5.69. The highest BCUT2D eigenvalue weighted by atomic mass is 35.5. The lowest BCUT2D eigenvalue weighted by atomic mass is 10.0. The summed E-state index contributed by atoms with van der Waals surface area (Å²) in [5.41, 5.74) is 0. The standard InChI is InChI=1S/C26H41Cl2NO3S/c1-2-3-4-5-6-7-8-9-10-11-12-13-14-15-19-22-24(30)29-26(25(27)28)33(31,32)23-20-17-16-18-21-23/h16-18,20-21H,2-15,19,22H2,1H3,(H,29,30). The van der Waals surface area contributed by atoms with Gasteiger partial charge in [-0.1, -0.05) is 138 Å². The maximum Gasteiger partial charge on any atom is 0.224 e. The van der Waals surface area contributed by atoms with E-state index < -0.39 is 25.3 Å². The first-order valence-corrected chi connectivity index (χ1v) is 14.8. The molecule has 0 aliphatic rings. The van der Waals surface area contributed by atoms with Gasteiger partial charge >= 0.3 is 0 Å². The van der Waals surface area contributed by atoms with Crippen LogP contribution in [0.1, 0.15) is 110 Å². The van der Waals surface area contributed by atoms with Gasteiger partial charge in [-0.3, -0.25) is 4.79 Å². The Morgan fingerprint density at radius 1 is 0.727 bits per heavy atom. The van der Waals surface area contributed by atoms with Gasteiger partial charge in [-0.05, 0) is 18.6 Å². The van der Waals surface area contributed by atoms with Crippen molar-refractivity contribution in [1.29, 1.82) is 0 Å². The van der Waals surface area contributed by atoms with Crippen molar-refractivity contribution < 1.29 is 13.2 Å². The lowest BCUT2D eigenvalue weighted by Gasteiger charge is -2.11. The average molecular weight is 519 g/mol. The van der Waals surface area contributed by atoms with Crippen molar-refractivity contribution in [3.05, 3.63) is 39.9 Å². The van der Waals surface area contributed by atoms with E-state index in [2.05, 4.69) is 12.2 Å². The van der Waals surface area contributed by atoms with Crippen molar-refractivity contribution in [1.82, 2.24) is 5.32 Å².